The predicted molar refractivity (Wildman–Crippen MR) is 73.9 cm³/mol. The highest BCUT2D eigenvalue weighted by Gasteiger charge is 2.13. The van der Waals surface area contributed by atoms with Crippen LogP contribution in [-0.4, -0.2) is 27.6 Å². The summed E-state index contributed by atoms with van der Waals surface area (Å²) in [6, 6.07) is 8.87. The Morgan fingerprint density at radius 1 is 1.30 bits per heavy atom. The molecule has 3 aromatic rings. The fraction of sp³-hybridized carbons (Fsp3) is 0.0714. The highest BCUT2D eigenvalue weighted by molar-refractivity contribution is 6.08. The van der Waals surface area contributed by atoms with E-state index < -0.39 is 0 Å². The number of nitrogens with zero attached hydrogens (tertiary/aromatic N) is 3. The van der Waals surface area contributed by atoms with E-state index >= 15 is 0 Å². The number of ether oxygens (including phenoxy) is 1. The number of carbonyl (C=O) groups is 1. The fourth-order valence-corrected chi connectivity index (χ4v) is 1.86. The third kappa shape index (κ3) is 2.18. The summed E-state index contributed by atoms with van der Waals surface area (Å²) < 4.78 is 6.63. The monoisotopic (exact) mass is 268 g/mol. The van der Waals surface area contributed by atoms with Gasteiger partial charge in [0.25, 0.3) is 5.91 Å². The minimum atomic E-state index is -0.246. The molecule has 100 valence electrons. The van der Waals surface area contributed by atoms with E-state index in [0.717, 1.165) is 5.75 Å². The van der Waals surface area contributed by atoms with Crippen molar-refractivity contribution in [3.05, 3.63) is 54.5 Å². The van der Waals surface area contributed by atoms with Crippen LogP contribution >= 0.6 is 0 Å². The smallest absolute Gasteiger partial charge is 0.261 e. The summed E-state index contributed by atoms with van der Waals surface area (Å²) in [7, 11) is 1.60. The summed E-state index contributed by atoms with van der Waals surface area (Å²) in [5.74, 6) is 0.490. The van der Waals surface area contributed by atoms with Gasteiger partial charge in [-0.15, -0.1) is 0 Å². The summed E-state index contributed by atoms with van der Waals surface area (Å²) in [6.07, 6.45) is 4.87. The molecule has 0 aliphatic carbocycles. The normalized spacial score (nSPS) is 10.4. The number of aromatic nitrogens is 3. The Bertz CT molecular complexity index is 749. The maximum Gasteiger partial charge on any atom is 0.261 e. The highest BCUT2D eigenvalue weighted by atomic mass is 16.5. The molecule has 0 bridgehead atoms. The highest BCUT2D eigenvalue weighted by Crippen LogP contribution is 2.16. The second-order valence-electron chi connectivity index (χ2n) is 4.13. The van der Waals surface area contributed by atoms with Crippen LogP contribution in [0.25, 0.3) is 5.65 Å². The van der Waals surface area contributed by atoms with Crippen LogP contribution in [0.3, 0.4) is 0 Å². The Balaban J connectivity index is 1.85. The number of amides is 1. The average Bonchev–Trinajstić information content (AvgIpc) is 2.92. The van der Waals surface area contributed by atoms with Gasteiger partial charge >= 0.3 is 0 Å². The summed E-state index contributed by atoms with van der Waals surface area (Å²) in [5.41, 5.74) is 1.64. The van der Waals surface area contributed by atoms with Gasteiger partial charge in [-0.05, 0) is 30.3 Å². The number of carbonyl (C=O) groups excluding carboxylic acids is 1. The number of fused-ring (bicyclic) bond motifs is 1. The van der Waals surface area contributed by atoms with Gasteiger partial charge in [0.15, 0.2) is 5.65 Å². The van der Waals surface area contributed by atoms with Crippen LogP contribution in [0.4, 0.5) is 5.69 Å². The van der Waals surface area contributed by atoms with Gasteiger partial charge in [0.1, 0.15) is 11.3 Å². The zero-order valence-electron chi connectivity index (χ0n) is 10.8. The van der Waals surface area contributed by atoms with Crippen LogP contribution in [0.5, 0.6) is 5.75 Å². The van der Waals surface area contributed by atoms with Crippen LogP contribution in [0.2, 0.25) is 0 Å². The van der Waals surface area contributed by atoms with Crippen molar-refractivity contribution in [2.24, 2.45) is 0 Å². The first-order chi connectivity index (χ1) is 9.78. The van der Waals surface area contributed by atoms with E-state index in [1.807, 2.05) is 0 Å². The number of methoxy groups -OCH3 is 1. The van der Waals surface area contributed by atoms with Crippen LogP contribution < -0.4 is 10.1 Å². The Morgan fingerprint density at radius 2 is 2.10 bits per heavy atom. The lowest BCUT2D eigenvalue weighted by molar-refractivity contribution is 0.102. The second kappa shape index (κ2) is 5.00. The van der Waals surface area contributed by atoms with Gasteiger partial charge < -0.3 is 10.1 Å². The third-order valence-electron chi connectivity index (χ3n) is 2.87. The van der Waals surface area contributed by atoms with Crippen molar-refractivity contribution in [1.82, 2.24) is 14.6 Å². The quantitative estimate of drug-likeness (QED) is 0.788. The molecule has 0 spiro atoms. The van der Waals surface area contributed by atoms with E-state index in [1.165, 1.54) is 6.20 Å². The molecule has 6 nitrogen and oxygen atoms in total. The molecule has 0 saturated heterocycles. The van der Waals surface area contributed by atoms with E-state index in [-0.39, 0.29) is 5.91 Å². The molecule has 0 aliphatic rings. The van der Waals surface area contributed by atoms with E-state index in [4.69, 9.17) is 4.74 Å². The van der Waals surface area contributed by atoms with Gasteiger partial charge in [0, 0.05) is 18.1 Å². The number of rotatable bonds is 3. The molecule has 2 aromatic heterocycles. The number of benzene rings is 1. The molecule has 0 atom stereocenters. The lowest BCUT2D eigenvalue weighted by Gasteiger charge is -2.05. The van der Waals surface area contributed by atoms with E-state index in [2.05, 4.69) is 15.4 Å². The van der Waals surface area contributed by atoms with Crippen molar-refractivity contribution in [2.45, 2.75) is 0 Å². The molecule has 1 N–H and O–H groups in total. The van der Waals surface area contributed by atoms with Crippen molar-refractivity contribution in [3.63, 3.8) is 0 Å². The van der Waals surface area contributed by atoms with Gasteiger partial charge in [-0.2, -0.15) is 5.10 Å². The molecule has 0 fully saturated rings. The Morgan fingerprint density at radius 3 is 2.85 bits per heavy atom. The van der Waals surface area contributed by atoms with Gasteiger partial charge in [-0.25, -0.2) is 9.50 Å². The Labute approximate surface area is 115 Å². The van der Waals surface area contributed by atoms with Gasteiger partial charge in [0.05, 0.1) is 13.3 Å². The maximum atomic E-state index is 12.2. The Hall–Kier alpha value is -2.89. The molecule has 1 amide bonds. The molecule has 0 saturated carbocycles. The largest absolute Gasteiger partial charge is 0.497 e. The molecular formula is C14H12N4O2. The summed E-state index contributed by atoms with van der Waals surface area (Å²) >= 11 is 0. The van der Waals surface area contributed by atoms with Crippen molar-refractivity contribution in [2.75, 3.05) is 12.4 Å². The molecule has 2 heterocycles. The zero-order valence-corrected chi connectivity index (χ0v) is 10.8. The van der Waals surface area contributed by atoms with Crippen molar-refractivity contribution in [3.8, 4) is 5.75 Å². The summed E-state index contributed by atoms with van der Waals surface area (Å²) in [4.78, 5) is 16.4. The standard InChI is InChI=1S/C14H12N4O2/c1-20-11-5-3-10(4-6-11)17-14(19)12-9-16-18-8-2-7-15-13(12)18/h2-9H,1H3,(H,17,19). The molecule has 0 aliphatic heterocycles. The predicted octanol–water partition coefficient (Wildman–Crippen LogP) is 1.99. The maximum absolute atomic E-state index is 12.2. The van der Waals surface area contributed by atoms with Crippen molar-refractivity contribution in [1.29, 1.82) is 0 Å². The zero-order chi connectivity index (χ0) is 13.9. The topological polar surface area (TPSA) is 68.5 Å². The van der Waals surface area contributed by atoms with Crippen LogP contribution in [0.1, 0.15) is 10.4 Å². The molecule has 0 unspecified atom stereocenters. The summed E-state index contributed by atoms with van der Waals surface area (Å²) in [5, 5.41) is 6.88. The first-order valence-electron chi connectivity index (χ1n) is 6.02. The lowest BCUT2D eigenvalue weighted by atomic mass is 10.2. The minimum absolute atomic E-state index is 0.246. The fourth-order valence-electron chi connectivity index (χ4n) is 1.86. The third-order valence-corrected chi connectivity index (χ3v) is 2.87. The molecule has 6 heteroatoms. The number of hydrogen-bond acceptors (Lipinski definition) is 4. The lowest BCUT2D eigenvalue weighted by Crippen LogP contribution is -2.11. The number of nitrogens with one attached hydrogen (secondary N) is 1. The van der Waals surface area contributed by atoms with Gasteiger partial charge in [-0.3, -0.25) is 4.79 Å². The molecule has 1 aromatic carbocycles. The van der Waals surface area contributed by atoms with E-state index in [1.54, 1.807) is 54.4 Å². The van der Waals surface area contributed by atoms with E-state index in [9.17, 15) is 4.79 Å². The van der Waals surface area contributed by atoms with E-state index in [0.29, 0.717) is 16.9 Å². The Kier molecular flexibility index (Phi) is 3.04. The van der Waals surface area contributed by atoms with Crippen LogP contribution in [-0.2, 0) is 0 Å². The number of hydrogen-bond donors (Lipinski definition) is 1. The number of anilines is 1. The van der Waals surface area contributed by atoms with Crippen LogP contribution in [0, 0.1) is 0 Å². The molecular weight excluding hydrogens is 256 g/mol. The average molecular weight is 268 g/mol. The van der Waals surface area contributed by atoms with Gasteiger partial charge in [-0.1, -0.05) is 0 Å². The molecule has 20 heavy (non-hydrogen) atoms. The SMILES string of the molecule is COc1ccc(NC(=O)c2cnn3cccnc23)cc1. The first-order valence-corrected chi connectivity index (χ1v) is 6.02. The van der Waals surface area contributed by atoms with Crippen molar-refractivity contribution < 1.29 is 9.53 Å². The van der Waals surface area contributed by atoms with Crippen LogP contribution in [0.15, 0.2) is 48.9 Å². The molecule has 3 rings (SSSR count). The second-order valence-corrected chi connectivity index (χ2v) is 4.13. The summed E-state index contributed by atoms with van der Waals surface area (Å²) in [6.45, 7) is 0. The first kappa shape index (κ1) is 12.2. The minimum Gasteiger partial charge on any atom is -0.497 e. The van der Waals surface area contributed by atoms with Gasteiger partial charge in [0.2, 0.25) is 0 Å². The van der Waals surface area contributed by atoms with Crippen molar-refractivity contribution >= 4 is 17.2 Å². The molecule has 0 radical (unpaired) electrons.